The highest BCUT2D eigenvalue weighted by Gasteiger charge is 2.67. The summed E-state index contributed by atoms with van der Waals surface area (Å²) in [6.45, 7) is 0. The molecule has 100 valence electrons. The van der Waals surface area contributed by atoms with Crippen LogP contribution in [-0.2, 0) is 4.79 Å². The summed E-state index contributed by atoms with van der Waals surface area (Å²) in [5.74, 6) is 3.41. The maximum absolute atomic E-state index is 12.3. The van der Waals surface area contributed by atoms with Crippen molar-refractivity contribution in [3.8, 4) is 0 Å². The van der Waals surface area contributed by atoms with Crippen molar-refractivity contribution in [2.24, 2.45) is 29.6 Å². The average molecular weight is 277 g/mol. The Morgan fingerprint density at radius 1 is 1.26 bits per heavy atom. The van der Waals surface area contributed by atoms with E-state index in [-0.39, 0.29) is 11.8 Å². The number of hydrogen-bond donors (Lipinski definition) is 2. The Morgan fingerprint density at radius 3 is 2.58 bits per heavy atom. The minimum atomic E-state index is 0.174. The Morgan fingerprint density at radius 2 is 1.95 bits per heavy atom. The fourth-order valence-corrected chi connectivity index (χ4v) is 4.64. The van der Waals surface area contributed by atoms with Crippen molar-refractivity contribution in [2.45, 2.75) is 19.3 Å². The highest BCUT2D eigenvalue weighted by Crippen LogP contribution is 2.69. The van der Waals surface area contributed by atoms with Gasteiger partial charge in [-0.15, -0.1) is 0 Å². The van der Waals surface area contributed by atoms with Crippen molar-refractivity contribution in [2.75, 3.05) is 11.1 Å². The predicted octanol–water partition coefficient (Wildman–Crippen LogP) is 3.15. The van der Waals surface area contributed by atoms with E-state index >= 15 is 0 Å². The van der Waals surface area contributed by atoms with E-state index in [1.165, 1.54) is 19.3 Å². The zero-order valence-electron chi connectivity index (χ0n) is 10.6. The van der Waals surface area contributed by atoms with Gasteiger partial charge in [-0.2, -0.15) is 0 Å². The van der Waals surface area contributed by atoms with Gasteiger partial charge in [0.05, 0.1) is 10.7 Å². The molecule has 0 aromatic heterocycles. The molecule has 1 aromatic rings. The largest absolute Gasteiger partial charge is 0.397 e. The van der Waals surface area contributed by atoms with E-state index in [1.807, 2.05) is 6.07 Å². The van der Waals surface area contributed by atoms with Crippen LogP contribution in [0.2, 0.25) is 5.02 Å². The van der Waals surface area contributed by atoms with E-state index in [4.69, 9.17) is 17.3 Å². The van der Waals surface area contributed by atoms with Gasteiger partial charge in [-0.05, 0) is 61.1 Å². The number of rotatable bonds is 2. The molecule has 19 heavy (non-hydrogen) atoms. The number of carbonyl (C=O) groups excluding carboxylic acids is 1. The summed E-state index contributed by atoms with van der Waals surface area (Å²) in [4.78, 5) is 12.3. The molecule has 0 aliphatic heterocycles. The Labute approximate surface area is 117 Å². The second-order valence-corrected chi connectivity index (χ2v) is 6.65. The van der Waals surface area contributed by atoms with Gasteiger partial charge in [0.1, 0.15) is 0 Å². The van der Waals surface area contributed by atoms with Crippen LogP contribution < -0.4 is 11.1 Å². The van der Waals surface area contributed by atoms with Crippen molar-refractivity contribution < 1.29 is 4.79 Å². The molecule has 0 heterocycles. The number of amides is 1. The fourth-order valence-electron chi connectivity index (χ4n) is 4.52. The number of hydrogen-bond acceptors (Lipinski definition) is 2. The molecular weight excluding hydrogens is 260 g/mol. The smallest absolute Gasteiger partial charge is 0.228 e. The van der Waals surface area contributed by atoms with Crippen LogP contribution in [0.15, 0.2) is 18.2 Å². The molecule has 0 saturated heterocycles. The average Bonchev–Trinajstić information content (AvgIpc) is 2.83. The van der Waals surface area contributed by atoms with Crippen molar-refractivity contribution >= 4 is 28.9 Å². The van der Waals surface area contributed by atoms with Gasteiger partial charge in [0.15, 0.2) is 0 Å². The van der Waals surface area contributed by atoms with Gasteiger partial charge in [-0.1, -0.05) is 11.6 Å². The molecule has 1 amide bonds. The van der Waals surface area contributed by atoms with Gasteiger partial charge < -0.3 is 11.1 Å². The first-order valence-corrected chi connectivity index (χ1v) is 7.39. The van der Waals surface area contributed by atoms with Crippen LogP contribution in [0.1, 0.15) is 19.3 Å². The Balaban J connectivity index is 1.47. The van der Waals surface area contributed by atoms with Crippen LogP contribution in [0.3, 0.4) is 0 Å². The summed E-state index contributed by atoms with van der Waals surface area (Å²) in [6, 6.07) is 5.26. The minimum absolute atomic E-state index is 0.174. The molecule has 3 aliphatic carbocycles. The van der Waals surface area contributed by atoms with Gasteiger partial charge in [-0.25, -0.2) is 0 Å². The van der Waals surface area contributed by atoms with E-state index in [9.17, 15) is 4.79 Å². The highest BCUT2D eigenvalue weighted by molar-refractivity contribution is 6.33. The number of benzene rings is 1. The lowest BCUT2D eigenvalue weighted by Gasteiger charge is -2.10. The molecule has 4 atom stereocenters. The maximum atomic E-state index is 12.3. The third kappa shape index (κ3) is 1.68. The molecule has 0 spiro atoms. The van der Waals surface area contributed by atoms with Crippen molar-refractivity contribution in [3.05, 3.63) is 23.2 Å². The zero-order chi connectivity index (χ0) is 13.1. The number of carbonyl (C=O) groups is 1. The summed E-state index contributed by atoms with van der Waals surface area (Å²) in [7, 11) is 0. The molecule has 3 nitrogen and oxygen atoms in total. The number of nitrogens with two attached hydrogens (primary N) is 1. The molecule has 2 bridgehead atoms. The van der Waals surface area contributed by atoms with Crippen LogP contribution in [0.5, 0.6) is 0 Å². The topological polar surface area (TPSA) is 55.1 Å². The van der Waals surface area contributed by atoms with E-state index in [0.717, 1.165) is 17.5 Å². The fraction of sp³-hybridized carbons (Fsp3) is 0.533. The molecule has 3 N–H and O–H groups in total. The van der Waals surface area contributed by atoms with Crippen LogP contribution in [0, 0.1) is 29.6 Å². The van der Waals surface area contributed by atoms with Gasteiger partial charge in [-0.3, -0.25) is 4.79 Å². The lowest BCUT2D eigenvalue weighted by molar-refractivity contribution is -0.118. The summed E-state index contributed by atoms with van der Waals surface area (Å²) < 4.78 is 0. The van der Waals surface area contributed by atoms with Crippen LogP contribution in [0.4, 0.5) is 11.4 Å². The number of nitrogens with one attached hydrogen (secondary N) is 1. The van der Waals surface area contributed by atoms with E-state index in [1.54, 1.807) is 12.1 Å². The van der Waals surface area contributed by atoms with Crippen LogP contribution in [-0.4, -0.2) is 5.91 Å². The summed E-state index contributed by atoms with van der Waals surface area (Å²) in [6.07, 6.45) is 4.04. The second kappa shape index (κ2) is 3.89. The van der Waals surface area contributed by atoms with Gasteiger partial charge >= 0.3 is 0 Å². The monoisotopic (exact) mass is 276 g/mol. The molecule has 3 aliphatic rings. The third-order valence-electron chi connectivity index (χ3n) is 5.30. The Hall–Kier alpha value is -1.22. The molecule has 0 radical (unpaired) electrons. The van der Waals surface area contributed by atoms with Crippen molar-refractivity contribution in [1.82, 2.24) is 0 Å². The zero-order valence-corrected chi connectivity index (χ0v) is 11.4. The van der Waals surface area contributed by atoms with E-state index in [0.29, 0.717) is 22.5 Å². The van der Waals surface area contributed by atoms with Gasteiger partial charge in [0.25, 0.3) is 0 Å². The number of fused-ring (bicyclic) bond motifs is 5. The minimum Gasteiger partial charge on any atom is -0.397 e. The number of halogens is 1. The summed E-state index contributed by atoms with van der Waals surface area (Å²) in [5, 5.41) is 3.52. The van der Waals surface area contributed by atoms with Gasteiger partial charge in [0.2, 0.25) is 5.91 Å². The summed E-state index contributed by atoms with van der Waals surface area (Å²) >= 11 is 5.88. The SMILES string of the molecule is Nc1cc(NC(=O)C2C3C4CCC(C4)C23)ccc1Cl. The van der Waals surface area contributed by atoms with Gasteiger partial charge in [0, 0.05) is 11.6 Å². The molecular formula is C15H17ClN2O. The summed E-state index contributed by atoms with van der Waals surface area (Å²) in [5.41, 5.74) is 7.01. The molecule has 4 rings (SSSR count). The normalized spacial score (nSPS) is 38.1. The Bertz CT molecular complexity index is 543. The van der Waals surface area contributed by atoms with E-state index < -0.39 is 0 Å². The van der Waals surface area contributed by atoms with Crippen LogP contribution in [0.25, 0.3) is 0 Å². The highest BCUT2D eigenvalue weighted by atomic mass is 35.5. The second-order valence-electron chi connectivity index (χ2n) is 6.24. The molecule has 4 unspecified atom stereocenters. The first-order valence-electron chi connectivity index (χ1n) is 7.01. The maximum Gasteiger partial charge on any atom is 0.228 e. The molecule has 4 heteroatoms. The lowest BCUT2D eigenvalue weighted by Crippen LogP contribution is -2.18. The van der Waals surface area contributed by atoms with Crippen LogP contribution >= 0.6 is 11.6 Å². The predicted molar refractivity (Wildman–Crippen MR) is 75.8 cm³/mol. The molecule has 3 fully saturated rings. The standard InChI is InChI=1S/C15H17ClN2O/c16-10-4-3-9(6-11(10)17)18-15(19)14-12-7-1-2-8(5-7)13(12)14/h3-4,6-8,12-14H,1-2,5,17H2,(H,18,19). The van der Waals surface area contributed by atoms with Crippen molar-refractivity contribution in [1.29, 1.82) is 0 Å². The van der Waals surface area contributed by atoms with E-state index in [2.05, 4.69) is 5.32 Å². The molecule has 3 saturated carbocycles. The third-order valence-corrected chi connectivity index (χ3v) is 5.65. The molecule has 1 aromatic carbocycles. The number of nitrogen functional groups attached to an aromatic ring is 1. The number of anilines is 2. The first kappa shape index (κ1) is 11.6. The Kier molecular flexibility index (Phi) is 2.37. The first-order chi connectivity index (χ1) is 9.15. The van der Waals surface area contributed by atoms with Crippen molar-refractivity contribution in [3.63, 3.8) is 0 Å². The quantitative estimate of drug-likeness (QED) is 0.815. The lowest BCUT2D eigenvalue weighted by atomic mass is 10.0.